The third-order valence-corrected chi connectivity index (χ3v) is 3.84. The molecule has 0 saturated heterocycles. The smallest absolute Gasteiger partial charge is 0.338 e. The number of hydrogen-bond donors (Lipinski definition) is 1. The summed E-state index contributed by atoms with van der Waals surface area (Å²) in [7, 11) is 1.55. The first-order valence-electron chi connectivity index (χ1n) is 7.96. The minimum Gasteiger partial charge on any atom is -0.497 e. The molecule has 1 N–H and O–H groups in total. The van der Waals surface area contributed by atoms with Gasteiger partial charge in [-0.1, -0.05) is 6.07 Å². The van der Waals surface area contributed by atoms with Gasteiger partial charge in [0.1, 0.15) is 18.1 Å². The molecule has 0 aliphatic rings. The summed E-state index contributed by atoms with van der Waals surface area (Å²) in [5.41, 5.74) is 2.03. The van der Waals surface area contributed by atoms with Gasteiger partial charge < -0.3 is 14.6 Å². The Morgan fingerprint density at radius 3 is 2.37 bits per heavy atom. The van der Waals surface area contributed by atoms with Gasteiger partial charge in [0.05, 0.1) is 24.3 Å². The predicted molar refractivity (Wildman–Crippen MR) is 96.5 cm³/mol. The van der Waals surface area contributed by atoms with Gasteiger partial charge in [-0.2, -0.15) is 5.26 Å². The van der Waals surface area contributed by atoms with E-state index in [1.165, 1.54) is 12.4 Å². The molecule has 0 aliphatic carbocycles. The monoisotopic (exact) mass is 361 g/mol. The van der Waals surface area contributed by atoms with E-state index in [1.54, 1.807) is 49.6 Å². The largest absolute Gasteiger partial charge is 0.497 e. The van der Waals surface area contributed by atoms with Crippen LogP contribution in [0.4, 0.5) is 0 Å². The number of nitriles is 1. The molecule has 0 radical (unpaired) electrons. The van der Waals surface area contributed by atoms with Crippen LogP contribution in [0.5, 0.6) is 11.5 Å². The van der Waals surface area contributed by atoms with Crippen LogP contribution < -0.4 is 9.47 Å². The zero-order valence-electron chi connectivity index (χ0n) is 14.4. The van der Waals surface area contributed by atoms with Crippen LogP contribution in [-0.2, 0) is 6.61 Å². The van der Waals surface area contributed by atoms with Crippen molar-refractivity contribution in [3.63, 3.8) is 0 Å². The molecular weight excluding hydrogens is 346 g/mol. The summed E-state index contributed by atoms with van der Waals surface area (Å²) in [4.78, 5) is 18.9. The molecule has 0 spiro atoms. The summed E-state index contributed by atoms with van der Waals surface area (Å²) in [6.45, 7) is 0.246. The number of benzene rings is 2. The molecule has 1 heterocycles. The van der Waals surface area contributed by atoms with Crippen LogP contribution in [0, 0.1) is 11.3 Å². The summed E-state index contributed by atoms with van der Waals surface area (Å²) in [5, 5.41) is 18.1. The third-order valence-electron chi connectivity index (χ3n) is 3.84. The summed E-state index contributed by atoms with van der Waals surface area (Å²) in [5.74, 6) is 0.600. The van der Waals surface area contributed by atoms with E-state index in [0.717, 1.165) is 11.1 Å². The first kappa shape index (κ1) is 17.9. The number of nitrogens with zero attached hydrogens (tertiary/aromatic N) is 3. The van der Waals surface area contributed by atoms with Crippen LogP contribution in [0.15, 0.2) is 54.9 Å². The molecule has 7 heteroatoms. The van der Waals surface area contributed by atoms with E-state index in [-0.39, 0.29) is 12.2 Å². The van der Waals surface area contributed by atoms with E-state index >= 15 is 0 Å². The summed E-state index contributed by atoms with van der Waals surface area (Å²) in [6.07, 6.45) is 2.53. The van der Waals surface area contributed by atoms with Crippen LogP contribution in [-0.4, -0.2) is 28.2 Å². The van der Waals surface area contributed by atoms with Gasteiger partial charge in [0.15, 0.2) is 5.82 Å². The van der Waals surface area contributed by atoms with Gasteiger partial charge in [-0.3, -0.25) is 0 Å². The van der Waals surface area contributed by atoms with E-state index in [0.29, 0.717) is 22.9 Å². The highest BCUT2D eigenvalue weighted by Crippen LogP contribution is 2.22. The summed E-state index contributed by atoms with van der Waals surface area (Å²) in [6, 6.07) is 14.5. The lowest BCUT2D eigenvalue weighted by Crippen LogP contribution is -2.00. The second kappa shape index (κ2) is 7.97. The molecule has 0 unspecified atom stereocenters. The van der Waals surface area contributed by atoms with Crippen molar-refractivity contribution in [3.8, 4) is 29.0 Å². The lowest BCUT2D eigenvalue weighted by Gasteiger charge is -2.09. The van der Waals surface area contributed by atoms with E-state index < -0.39 is 5.97 Å². The molecule has 0 saturated carbocycles. The predicted octanol–water partition coefficient (Wildman–Crippen LogP) is 3.30. The first-order chi connectivity index (χ1) is 13.1. The number of hydrogen-bond acceptors (Lipinski definition) is 6. The molecule has 27 heavy (non-hydrogen) atoms. The van der Waals surface area contributed by atoms with Crippen LogP contribution in [0.25, 0.3) is 11.4 Å². The SMILES string of the molecule is COc1ccc(COc2ccc(-c3ncc(C(=O)O)cn3)cc2)c(C#N)c1. The first-order valence-corrected chi connectivity index (χ1v) is 7.96. The molecule has 3 rings (SSSR count). The molecule has 0 bridgehead atoms. The van der Waals surface area contributed by atoms with Crippen molar-refractivity contribution in [1.29, 1.82) is 5.26 Å². The quantitative estimate of drug-likeness (QED) is 0.718. The third kappa shape index (κ3) is 4.19. The molecule has 0 amide bonds. The number of carbonyl (C=O) groups is 1. The van der Waals surface area contributed by atoms with Crippen molar-refractivity contribution in [2.45, 2.75) is 6.61 Å². The molecule has 3 aromatic rings. The van der Waals surface area contributed by atoms with E-state index in [1.807, 2.05) is 0 Å². The Labute approximate surface area is 155 Å². The fourth-order valence-corrected chi connectivity index (χ4v) is 2.36. The molecule has 2 aromatic carbocycles. The van der Waals surface area contributed by atoms with Gasteiger partial charge in [-0.15, -0.1) is 0 Å². The maximum atomic E-state index is 10.8. The molecule has 0 atom stereocenters. The lowest BCUT2D eigenvalue weighted by atomic mass is 10.1. The van der Waals surface area contributed by atoms with Crippen molar-refractivity contribution < 1.29 is 19.4 Å². The van der Waals surface area contributed by atoms with E-state index in [2.05, 4.69) is 16.0 Å². The molecule has 7 nitrogen and oxygen atoms in total. The Kier molecular flexibility index (Phi) is 5.28. The highest BCUT2D eigenvalue weighted by molar-refractivity contribution is 5.86. The number of carboxylic acid groups (broad SMARTS) is 1. The number of carboxylic acids is 1. The van der Waals surface area contributed by atoms with Gasteiger partial charge in [-0.25, -0.2) is 14.8 Å². The Bertz CT molecular complexity index is 993. The average molecular weight is 361 g/mol. The molecule has 0 fully saturated rings. The maximum absolute atomic E-state index is 10.8. The van der Waals surface area contributed by atoms with E-state index in [4.69, 9.17) is 14.6 Å². The number of aromatic nitrogens is 2. The van der Waals surface area contributed by atoms with Crippen molar-refractivity contribution in [3.05, 3.63) is 71.5 Å². The number of aromatic carboxylic acids is 1. The number of ether oxygens (including phenoxy) is 2. The van der Waals surface area contributed by atoms with E-state index in [9.17, 15) is 10.1 Å². The standard InChI is InChI=1S/C20H15N3O4/c1-26-18-7-4-14(15(8-18)9-21)12-27-17-5-2-13(3-6-17)19-22-10-16(11-23-19)20(24)25/h2-8,10-11H,12H2,1H3,(H,24,25). The Morgan fingerprint density at radius 2 is 1.78 bits per heavy atom. The number of rotatable bonds is 6. The second-order valence-corrected chi connectivity index (χ2v) is 5.55. The van der Waals surface area contributed by atoms with Crippen molar-refractivity contribution in [2.75, 3.05) is 7.11 Å². The minimum atomic E-state index is -1.07. The van der Waals surface area contributed by atoms with Gasteiger partial charge in [-0.05, 0) is 36.4 Å². The lowest BCUT2D eigenvalue weighted by molar-refractivity contribution is 0.0696. The average Bonchev–Trinajstić information content (AvgIpc) is 2.72. The van der Waals surface area contributed by atoms with Crippen LogP contribution >= 0.6 is 0 Å². The summed E-state index contributed by atoms with van der Waals surface area (Å²) < 4.78 is 10.9. The Balaban J connectivity index is 1.69. The fraction of sp³-hybridized carbons (Fsp3) is 0.100. The van der Waals surface area contributed by atoms with Crippen LogP contribution in [0.3, 0.4) is 0 Å². The van der Waals surface area contributed by atoms with Gasteiger partial charge >= 0.3 is 5.97 Å². The van der Waals surface area contributed by atoms with Gasteiger partial charge in [0.2, 0.25) is 0 Å². The molecule has 134 valence electrons. The number of methoxy groups -OCH3 is 1. The molecular formula is C20H15N3O4. The normalized spacial score (nSPS) is 10.1. The van der Waals surface area contributed by atoms with Crippen molar-refractivity contribution in [2.24, 2.45) is 0 Å². The van der Waals surface area contributed by atoms with Gasteiger partial charge in [0.25, 0.3) is 0 Å². The summed E-state index contributed by atoms with van der Waals surface area (Å²) >= 11 is 0. The Morgan fingerprint density at radius 1 is 1.11 bits per heavy atom. The molecule has 1 aromatic heterocycles. The van der Waals surface area contributed by atoms with Crippen LogP contribution in [0.2, 0.25) is 0 Å². The second-order valence-electron chi connectivity index (χ2n) is 5.55. The minimum absolute atomic E-state index is 0.0338. The maximum Gasteiger partial charge on any atom is 0.338 e. The highest BCUT2D eigenvalue weighted by Gasteiger charge is 2.08. The van der Waals surface area contributed by atoms with Crippen LogP contribution in [0.1, 0.15) is 21.5 Å². The topological polar surface area (TPSA) is 105 Å². The zero-order chi connectivity index (χ0) is 19.2. The molecule has 0 aliphatic heterocycles. The highest BCUT2D eigenvalue weighted by atomic mass is 16.5. The zero-order valence-corrected chi connectivity index (χ0v) is 14.4. The van der Waals surface area contributed by atoms with Crippen molar-refractivity contribution >= 4 is 5.97 Å². The van der Waals surface area contributed by atoms with Crippen molar-refractivity contribution in [1.82, 2.24) is 9.97 Å². The fourth-order valence-electron chi connectivity index (χ4n) is 2.36. The Hall–Kier alpha value is -3.92. The van der Waals surface area contributed by atoms with Gasteiger partial charge in [0, 0.05) is 23.5 Å².